The zero-order chi connectivity index (χ0) is 11.4. The van der Waals surface area contributed by atoms with Crippen LogP contribution >= 0.6 is 0 Å². The lowest BCUT2D eigenvalue weighted by atomic mass is 10.1. The fraction of sp³-hybridized carbons (Fsp3) is 0.500. The third-order valence-corrected chi connectivity index (χ3v) is 2.51. The van der Waals surface area contributed by atoms with Crippen LogP contribution in [-0.4, -0.2) is 24.3 Å². The number of para-hydroxylation sites is 1. The van der Waals surface area contributed by atoms with Gasteiger partial charge in [0.15, 0.2) is 0 Å². The fourth-order valence-electron chi connectivity index (χ4n) is 1.66. The van der Waals surface area contributed by atoms with Gasteiger partial charge in [-0.15, -0.1) is 0 Å². The molecule has 1 unspecified atom stereocenters. The van der Waals surface area contributed by atoms with Crippen LogP contribution in [0, 0.1) is 6.92 Å². The summed E-state index contributed by atoms with van der Waals surface area (Å²) in [4.78, 5) is 2.09. The number of anilines is 2. The maximum atomic E-state index is 9.39. The van der Waals surface area contributed by atoms with Crippen LogP contribution in [0.3, 0.4) is 0 Å². The molecule has 1 aromatic carbocycles. The van der Waals surface area contributed by atoms with Crippen molar-refractivity contribution >= 4 is 11.4 Å². The highest BCUT2D eigenvalue weighted by molar-refractivity contribution is 5.70. The van der Waals surface area contributed by atoms with Gasteiger partial charge in [-0.2, -0.15) is 0 Å². The van der Waals surface area contributed by atoms with E-state index in [0.717, 1.165) is 23.5 Å². The van der Waals surface area contributed by atoms with Crippen molar-refractivity contribution in [2.75, 3.05) is 23.7 Å². The highest BCUT2D eigenvalue weighted by Gasteiger charge is 2.10. The van der Waals surface area contributed by atoms with Gasteiger partial charge in [-0.3, -0.25) is 0 Å². The molecule has 0 saturated carbocycles. The largest absolute Gasteiger partial charge is 0.397 e. The molecular formula is C12H20N2O. The van der Waals surface area contributed by atoms with E-state index >= 15 is 0 Å². The fourth-order valence-corrected chi connectivity index (χ4v) is 1.66. The maximum absolute atomic E-state index is 9.39. The van der Waals surface area contributed by atoms with E-state index in [4.69, 9.17) is 5.73 Å². The Kier molecular flexibility index (Phi) is 3.97. The molecule has 3 nitrogen and oxygen atoms in total. The molecule has 0 saturated heterocycles. The molecule has 3 heteroatoms. The minimum Gasteiger partial charge on any atom is -0.397 e. The van der Waals surface area contributed by atoms with Crippen molar-refractivity contribution < 1.29 is 5.11 Å². The zero-order valence-corrected chi connectivity index (χ0v) is 9.70. The molecule has 1 rings (SSSR count). The summed E-state index contributed by atoms with van der Waals surface area (Å²) in [5.74, 6) is 0. The average molecular weight is 208 g/mol. The van der Waals surface area contributed by atoms with E-state index in [-0.39, 0.29) is 6.10 Å². The van der Waals surface area contributed by atoms with Gasteiger partial charge in [0.25, 0.3) is 0 Å². The zero-order valence-electron chi connectivity index (χ0n) is 9.70. The van der Waals surface area contributed by atoms with E-state index in [0.29, 0.717) is 6.54 Å². The molecule has 0 aliphatic rings. The number of nitrogens with zero attached hydrogens (tertiary/aromatic N) is 1. The van der Waals surface area contributed by atoms with Crippen LogP contribution in [0.15, 0.2) is 18.2 Å². The summed E-state index contributed by atoms with van der Waals surface area (Å²) in [5.41, 5.74) is 8.91. The van der Waals surface area contributed by atoms with Crippen LogP contribution in [0.2, 0.25) is 0 Å². The molecule has 0 aliphatic carbocycles. The molecule has 0 radical (unpaired) electrons. The predicted molar refractivity (Wildman–Crippen MR) is 65.2 cm³/mol. The summed E-state index contributed by atoms with van der Waals surface area (Å²) in [7, 11) is 0. The Hall–Kier alpha value is -1.22. The summed E-state index contributed by atoms with van der Waals surface area (Å²) in [6.45, 7) is 7.30. The smallest absolute Gasteiger partial charge is 0.0687 e. The van der Waals surface area contributed by atoms with Gasteiger partial charge in [0.1, 0.15) is 0 Å². The molecule has 84 valence electrons. The normalized spacial score (nSPS) is 12.5. The van der Waals surface area contributed by atoms with Crippen LogP contribution in [0.5, 0.6) is 0 Å². The summed E-state index contributed by atoms with van der Waals surface area (Å²) in [5, 5.41) is 9.39. The number of likely N-dealkylation sites (N-methyl/N-ethyl adjacent to an activating group) is 1. The van der Waals surface area contributed by atoms with E-state index in [1.165, 1.54) is 0 Å². The Labute approximate surface area is 91.5 Å². The molecule has 1 aromatic rings. The summed E-state index contributed by atoms with van der Waals surface area (Å²) < 4.78 is 0. The van der Waals surface area contributed by atoms with Crippen LogP contribution in [0.25, 0.3) is 0 Å². The molecule has 0 bridgehead atoms. The van der Waals surface area contributed by atoms with E-state index in [1.54, 1.807) is 6.92 Å². The van der Waals surface area contributed by atoms with E-state index in [1.807, 2.05) is 25.1 Å². The molecule has 0 aromatic heterocycles. The Balaban J connectivity index is 2.96. The predicted octanol–water partition coefficient (Wildman–Crippen LogP) is 1.78. The van der Waals surface area contributed by atoms with Crippen molar-refractivity contribution in [1.82, 2.24) is 0 Å². The van der Waals surface area contributed by atoms with Gasteiger partial charge in [0.05, 0.1) is 17.5 Å². The Bertz CT molecular complexity index is 323. The molecule has 1 atom stereocenters. The van der Waals surface area contributed by atoms with Crippen molar-refractivity contribution in [3.05, 3.63) is 23.8 Å². The van der Waals surface area contributed by atoms with E-state index < -0.39 is 0 Å². The second kappa shape index (κ2) is 5.03. The second-order valence-corrected chi connectivity index (χ2v) is 3.90. The summed E-state index contributed by atoms with van der Waals surface area (Å²) in [6.07, 6.45) is -0.343. The van der Waals surface area contributed by atoms with Crippen LogP contribution < -0.4 is 10.6 Å². The lowest BCUT2D eigenvalue weighted by Gasteiger charge is -2.26. The van der Waals surface area contributed by atoms with Gasteiger partial charge in [0.2, 0.25) is 0 Å². The van der Waals surface area contributed by atoms with E-state index in [2.05, 4.69) is 11.8 Å². The molecule has 0 aliphatic heterocycles. The van der Waals surface area contributed by atoms with Crippen molar-refractivity contribution in [3.8, 4) is 0 Å². The molecule has 15 heavy (non-hydrogen) atoms. The van der Waals surface area contributed by atoms with Gasteiger partial charge in [-0.1, -0.05) is 12.1 Å². The number of hydrogen-bond donors (Lipinski definition) is 2. The molecule has 0 spiro atoms. The molecule has 0 heterocycles. The monoisotopic (exact) mass is 208 g/mol. The van der Waals surface area contributed by atoms with Gasteiger partial charge >= 0.3 is 0 Å². The average Bonchev–Trinajstić information content (AvgIpc) is 2.19. The molecule has 0 fully saturated rings. The number of nitrogens with two attached hydrogens (primary N) is 1. The lowest BCUT2D eigenvalue weighted by Crippen LogP contribution is -2.31. The first-order chi connectivity index (χ1) is 7.06. The number of nitrogen functional groups attached to an aromatic ring is 1. The first-order valence-electron chi connectivity index (χ1n) is 5.34. The Morgan fingerprint density at radius 3 is 2.67 bits per heavy atom. The Morgan fingerprint density at radius 1 is 1.47 bits per heavy atom. The third kappa shape index (κ3) is 2.86. The topological polar surface area (TPSA) is 49.5 Å². The summed E-state index contributed by atoms with van der Waals surface area (Å²) in [6, 6.07) is 5.98. The van der Waals surface area contributed by atoms with Gasteiger partial charge in [-0.05, 0) is 32.4 Å². The van der Waals surface area contributed by atoms with Crippen LogP contribution in [-0.2, 0) is 0 Å². The van der Waals surface area contributed by atoms with Gasteiger partial charge in [-0.25, -0.2) is 0 Å². The quantitative estimate of drug-likeness (QED) is 0.742. The van der Waals surface area contributed by atoms with Crippen molar-refractivity contribution in [1.29, 1.82) is 0 Å². The number of rotatable bonds is 4. The highest BCUT2D eigenvalue weighted by atomic mass is 16.3. The number of aliphatic hydroxyl groups is 1. The molecular weight excluding hydrogens is 188 g/mol. The highest BCUT2D eigenvalue weighted by Crippen LogP contribution is 2.25. The Morgan fingerprint density at radius 2 is 2.13 bits per heavy atom. The number of aryl methyl sites for hydroxylation is 1. The molecule has 0 amide bonds. The summed E-state index contributed by atoms with van der Waals surface area (Å²) >= 11 is 0. The molecule has 3 N–H and O–H groups in total. The number of hydrogen-bond acceptors (Lipinski definition) is 3. The number of aliphatic hydroxyl groups excluding tert-OH is 1. The van der Waals surface area contributed by atoms with Gasteiger partial charge < -0.3 is 15.7 Å². The standard InChI is InChI=1S/C12H20N2O/c1-4-14(8-10(3)15)11-7-5-6-9(2)12(11)13/h5-7,10,15H,4,8,13H2,1-3H3. The van der Waals surface area contributed by atoms with Crippen molar-refractivity contribution in [2.45, 2.75) is 26.9 Å². The minimum absolute atomic E-state index is 0.343. The van der Waals surface area contributed by atoms with Crippen molar-refractivity contribution in [3.63, 3.8) is 0 Å². The van der Waals surface area contributed by atoms with Gasteiger partial charge in [0, 0.05) is 13.1 Å². The second-order valence-electron chi connectivity index (χ2n) is 3.90. The first-order valence-corrected chi connectivity index (χ1v) is 5.34. The first kappa shape index (κ1) is 11.9. The number of benzene rings is 1. The SMILES string of the molecule is CCN(CC(C)O)c1cccc(C)c1N. The van der Waals surface area contributed by atoms with Crippen molar-refractivity contribution in [2.24, 2.45) is 0 Å². The lowest BCUT2D eigenvalue weighted by molar-refractivity contribution is 0.200. The van der Waals surface area contributed by atoms with Crippen LogP contribution in [0.1, 0.15) is 19.4 Å². The van der Waals surface area contributed by atoms with Crippen LogP contribution in [0.4, 0.5) is 11.4 Å². The minimum atomic E-state index is -0.343. The van der Waals surface area contributed by atoms with E-state index in [9.17, 15) is 5.11 Å². The maximum Gasteiger partial charge on any atom is 0.0687 e. The third-order valence-electron chi connectivity index (χ3n) is 2.51.